The summed E-state index contributed by atoms with van der Waals surface area (Å²) in [6, 6.07) is 0. The Balaban J connectivity index is 2.47. The first-order valence-electron chi connectivity index (χ1n) is 6.61. The number of hydrogen-bond acceptors (Lipinski definition) is 4. The van der Waals surface area contributed by atoms with E-state index in [-0.39, 0.29) is 0 Å². The number of oxazole rings is 1. The third kappa shape index (κ3) is 5.74. The molecule has 6 nitrogen and oxygen atoms in total. The van der Waals surface area contributed by atoms with Crippen LogP contribution in [0.15, 0.2) is 9.41 Å². The number of nitrogens with zero attached hydrogens (tertiary/aromatic N) is 2. The van der Waals surface area contributed by atoms with Crippen molar-refractivity contribution in [1.29, 1.82) is 0 Å². The molecule has 0 bridgehead atoms. The number of guanidine groups is 1. The van der Waals surface area contributed by atoms with Crippen molar-refractivity contribution in [2.45, 2.75) is 33.7 Å². The van der Waals surface area contributed by atoms with E-state index >= 15 is 0 Å². The number of methoxy groups -OCH3 is 1. The van der Waals surface area contributed by atoms with Crippen molar-refractivity contribution >= 4 is 5.96 Å². The first-order valence-corrected chi connectivity index (χ1v) is 6.61. The van der Waals surface area contributed by atoms with Crippen LogP contribution in [0.1, 0.15) is 30.7 Å². The Hall–Kier alpha value is -1.56. The van der Waals surface area contributed by atoms with Crippen molar-refractivity contribution in [3.8, 4) is 0 Å². The first-order chi connectivity index (χ1) is 9.17. The topological polar surface area (TPSA) is 71.7 Å². The fourth-order valence-electron chi connectivity index (χ4n) is 1.52. The predicted molar refractivity (Wildman–Crippen MR) is 75.3 cm³/mol. The second kappa shape index (κ2) is 8.53. The van der Waals surface area contributed by atoms with Gasteiger partial charge in [0.1, 0.15) is 12.3 Å². The molecule has 0 spiro atoms. The number of nitrogens with one attached hydrogen (secondary N) is 2. The smallest absolute Gasteiger partial charge is 0.216 e. The van der Waals surface area contributed by atoms with Crippen LogP contribution in [-0.2, 0) is 11.3 Å². The molecular weight excluding hydrogens is 244 g/mol. The molecule has 0 saturated carbocycles. The van der Waals surface area contributed by atoms with Gasteiger partial charge >= 0.3 is 0 Å². The SMILES string of the molecule is CCNC(=NCc1nc(C)c(C)o1)NCCCOC. The summed E-state index contributed by atoms with van der Waals surface area (Å²) in [7, 11) is 1.70. The van der Waals surface area contributed by atoms with Crippen LogP contribution in [0, 0.1) is 13.8 Å². The molecule has 1 rings (SSSR count). The Morgan fingerprint density at radius 3 is 2.74 bits per heavy atom. The molecule has 1 aromatic heterocycles. The highest BCUT2D eigenvalue weighted by atomic mass is 16.5. The molecule has 0 aliphatic carbocycles. The third-order valence-electron chi connectivity index (χ3n) is 2.61. The molecule has 2 N–H and O–H groups in total. The lowest BCUT2D eigenvalue weighted by molar-refractivity contribution is 0.195. The molecule has 0 atom stereocenters. The average molecular weight is 268 g/mol. The molecule has 108 valence electrons. The minimum atomic E-state index is 0.439. The van der Waals surface area contributed by atoms with Gasteiger partial charge in [0.15, 0.2) is 5.96 Å². The molecule has 0 unspecified atom stereocenters. The van der Waals surface area contributed by atoms with Gasteiger partial charge in [0.05, 0.1) is 5.69 Å². The number of aryl methyl sites for hydroxylation is 2. The maximum Gasteiger partial charge on any atom is 0.216 e. The Bertz CT molecular complexity index is 382. The monoisotopic (exact) mass is 268 g/mol. The summed E-state index contributed by atoms with van der Waals surface area (Å²) in [5.41, 5.74) is 0.920. The van der Waals surface area contributed by atoms with Crippen LogP contribution in [0.3, 0.4) is 0 Å². The van der Waals surface area contributed by atoms with Crippen molar-refractivity contribution in [2.75, 3.05) is 26.8 Å². The molecule has 0 radical (unpaired) electrons. The van der Waals surface area contributed by atoms with Gasteiger partial charge < -0.3 is 19.8 Å². The van der Waals surface area contributed by atoms with E-state index < -0.39 is 0 Å². The quantitative estimate of drug-likeness (QED) is 0.444. The maximum absolute atomic E-state index is 5.49. The molecule has 1 heterocycles. The van der Waals surface area contributed by atoms with Crippen LogP contribution in [0.4, 0.5) is 0 Å². The van der Waals surface area contributed by atoms with Gasteiger partial charge in [-0.2, -0.15) is 0 Å². The Kier molecular flexibility index (Phi) is 6.95. The fourth-order valence-corrected chi connectivity index (χ4v) is 1.52. The van der Waals surface area contributed by atoms with E-state index in [0.29, 0.717) is 12.4 Å². The van der Waals surface area contributed by atoms with E-state index in [9.17, 15) is 0 Å². The molecule has 0 fully saturated rings. The molecule has 0 amide bonds. The van der Waals surface area contributed by atoms with Crippen molar-refractivity contribution < 1.29 is 9.15 Å². The van der Waals surface area contributed by atoms with Gasteiger partial charge in [0, 0.05) is 26.8 Å². The number of aromatic nitrogens is 1. The zero-order valence-corrected chi connectivity index (χ0v) is 12.2. The van der Waals surface area contributed by atoms with Gasteiger partial charge in [-0.3, -0.25) is 0 Å². The molecule has 0 aromatic carbocycles. The lowest BCUT2D eigenvalue weighted by Crippen LogP contribution is -2.38. The van der Waals surface area contributed by atoms with Crippen LogP contribution < -0.4 is 10.6 Å². The summed E-state index contributed by atoms with van der Waals surface area (Å²) in [5.74, 6) is 2.26. The minimum Gasteiger partial charge on any atom is -0.444 e. The van der Waals surface area contributed by atoms with Crippen LogP contribution in [0.25, 0.3) is 0 Å². The Morgan fingerprint density at radius 1 is 1.37 bits per heavy atom. The van der Waals surface area contributed by atoms with Crippen molar-refractivity contribution in [3.63, 3.8) is 0 Å². The zero-order chi connectivity index (χ0) is 14.1. The second-order valence-corrected chi connectivity index (χ2v) is 4.22. The normalized spacial score (nSPS) is 11.7. The van der Waals surface area contributed by atoms with Crippen LogP contribution in [0.2, 0.25) is 0 Å². The van der Waals surface area contributed by atoms with Crippen molar-refractivity contribution in [2.24, 2.45) is 4.99 Å². The molecular formula is C13H24N4O2. The molecule has 19 heavy (non-hydrogen) atoms. The molecule has 0 saturated heterocycles. The predicted octanol–water partition coefficient (Wildman–Crippen LogP) is 1.38. The summed E-state index contributed by atoms with van der Waals surface area (Å²) in [5, 5.41) is 6.42. The van der Waals surface area contributed by atoms with E-state index in [1.807, 2.05) is 20.8 Å². The molecule has 1 aromatic rings. The van der Waals surface area contributed by atoms with Gasteiger partial charge in [-0.1, -0.05) is 0 Å². The average Bonchev–Trinajstić information content (AvgIpc) is 2.71. The number of aliphatic imine (C=N–C) groups is 1. The minimum absolute atomic E-state index is 0.439. The summed E-state index contributed by atoms with van der Waals surface area (Å²) in [6.45, 7) is 8.69. The summed E-state index contributed by atoms with van der Waals surface area (Å²) in [4.78, 5) is 8.74. The summed E-state index contributed by atoms with van der Waals surface area (Å²) >= 11 is 0. The molecule has 6 heteroatoms. The first kappa shape index (κ1) is 15.5. The number of hydrogen-bond donors (Lipinski definition) is 2. The van der Waals surface area contributed by atoms with Gasteiger partial charge in [-0.05, 0) is 27.2 Å². The summed E-state index contributed by atoms with van der Waals surface area (Å²) < 4.78 is 10.5. The molecule has 0 aliphatic rings. The lowest BCUT2D eigenvalue weighted by atomic mass is 10.4. The van der Waals surface area contributed by atoms with Crippen LogP contribution in [0.5, 0.6) is 0 Å². The second-order valence-electron chi connectivity index (χ2n) is 4.22. The van der Waals surface area contributed by atoms with E-state index in [1.54, 1.807) is 7.11 Å². The van der Waals surface area contributed by atoms with Crippen LogP contribution in [-0.4, -0.2) is 37.7 Å². The van der Waals surface area contributed by atoms with E-state index in [1.165, 1.54) is 0 Å². The maximum atomic E-state index is 5.49. The molecule has 0 aliphatic heterocycles. The van der Waals surface area contributed by atoms with Gasteiger partial charge in [-0.15, -0.1) is 0 Å². The van der Waals surface area contributed by atoms with Crippen LogP contribution >= 0.6 is 0 Å². The third-order valence-corrected chi connectivity index (χ3v) is 2.61. The Labute approximate surface area is 114 Å². The van der Waals surface area contributed by atoms with Gasteiger partial charge in [-0.25, -0.2) is 9.98 Å². The van der Waals surface area contributed by atoms with E-state index in [0.717, 1.165) is 43.5 Å². The highest BCUT2D eigenvalue weighted by molar-refractivity contribution is 5.79. The highest BCUT2D eigenvalue weighted by Gasteiger charge is 2.05. The highest BCUT2D eigenvalue weighted by Crippen LogP contribution is 2.08. The van der Waals surface area contributed by atoms with Gasteiger partial charge in [0.25, 0.3) is 0 Å². The Morgan fingerprint density at radius 2 is 2.16 bits per heavy atom. The van der Waals surface area contributed by atoms with E-state index in [4.69, 9.17) is 9.15 Å². The van der Waals surface area contributed by atoms with E-state index in [2.05, 4.69) is 20.6 Å². The van der Waals surface area contributed by atoms with Gasteiger partial charge in [0.2, 0.25) is 5.89 Å². The lowest BCUT2D eigenvalue weighted by Gasteiger charge is -2.10. The standard InChI is InChI=1S/C13H24N4O2/c1-5-14-13(15-7-6-8-18-4)16-9-12-17-10(2)11(3)19-12/h5-9H2,1-4H3,(H2,14,15,16). The number of ether oxygens (including phenoxy) is 1. The fraction of sp³-hybridized carbons (Fsp3) is 0.692. The summed E-state index contributed by atoms with van der Waals surface area (Å²) in [6.07, 6.45) is 0.943. The zero-order valence-electron chi connectivity index (χ0n) is 12.2. The van der Waals surface area contributed by atoms with Crippen molar-refractivity contribution in [3.05, 3.63) is 17.3 Å². The van der Waals surface area contributed by atoms with Crippen molar-refractivity contribution in [1.82, 2.24) is 15.6 Å². The number of rotatable bonds is 7. The largest absolute Gasteiger partial charge is 0.444 e.